The van der Waals surface area contributed by atoms with Crippen molar-refractivity contribution >= 4 is 29.1 Å². The van der Waals surface area contributed by atoms with E-state index in [9.17, 15) is 14.7 Å². The van der Waals surface area contributed by atoms with Crippen molar-refractivity contribution in [1.82, 2.24) is 0 Å². The number of rotatable bonds is 1. The molecule has 1 aromatic rings. The van der Waals surface area contributed by atoms with Crippen LogP contribution in [0.15, 0.2) is 29.8 Å². The van der Waals surface area contributed by atoms with Crippen LogP contribution in [-0.2, 0) is 9.59 Å². The molecular weight excluding hydrogens is 278 g/mol. The summed E-state index contributed by atoms with van der Waals surface area (Å²) in [6.45, 7) is 1.97. The molecule has 2 atom stereocenters. The van der Waals surface area contributed by atoms with Gasteiger partial charge in [-0.15, -0.1) is 0 Å². The van der Waals surface area contributed by atoms with Crippen molar-refractivity contribution in [1.29, 1.82) is 0 Å². The summed E-state index contributed by atoms with van der Waals surface area (Å²) in [7, 11) is 0. The average molecular weight is 292 g/mol. The van der Waals surface area contributed by atoms with Gasteiger partial charge in [-0.05, 0) is 38.0 Å². The summed E-state index contributed by atoms with van der Waals surface area (Å²) in [5.41, 5.74) is 1.31. The van der Waals surface area contributed by atoms with E-state index in [1.807, 2.05) is 13.0 Å². The summed E-state index contributed by atoms with van der Waals surface area (Å²) in [5.74, 6) is -1.23. The molecule has 1 aliphatic carbocycles. The molecule has 1 aliphatic heterocycles. The number of hydrogen-bond acceptors (Lipinski definition) is 3. The number of halogens is 1. The average Bonchev–Trinajstić information content (AvgIpc) is 2.65. The van der Waals surface area contributed by atoms with Crippen molar-refractivity contribution in [3.8, 4) is 5.75 Å². The van der Waals surface area contributed by atoms with Gasteiger partial charge in [0, 0.05) is 5.02 Å². The zero-order chi connectivity index (χ0) is 14.4. The lowest BCUT2D eigenvalue weighted by molar-refractivity contribution is -0.122. The molecule has 20 heavy (non-hydrogen) atoms. The Balaban J connectivity index is 2.02. The molecular formula is C15H14ClNO3. The van der Waals surface area contributed by atoms with E-state index in [4.69, 9.17) is 11.6 Å². The van der Waals surface area contributed by atoms with Gasteiger partial charge in [0.25, 0.3) is 0 Å². The van der Waals surface area contributed by atoms with Gasteiger partial charge in [0.1, 0.15) is 5.75 Å². The Morgan fingerprint density at radius 3 is 2.70 bits per heavy atom. The fourth-order valence-corrected chi connectivity index (χ4v) is 3.12. The number of amides is 2. The zero-order valence-corrected chi connectivity index (χ0v) is 11.7. The molecule has 2 amide bonds. The van der Waals surface area contributed by atoms with E-state index in [-0.39, 0.29) is 35.1 Å². The number of allylic oxidation sites excluding steroid dienone is 2. The van der Waals surface area contributed by atoms with Crippen LogP contribution < -0.4 is 4.90 Å². The van der Waals surface area contributed by atoms with Gasteiger partial charge >= 0.3 is 0 Å². The highest BCUT2D eigenvalue weighted by Crippen LogP contribution is 2.42. The third-order valence-corrected chi connectivity index (χ3v) is 4.24. The Kier molecular flexibility index (Phi) is 3.05. The van der Waals surface area contributed by atoms with Gasteiger partial charge in [-0.3, -0.25) is 9.59 Å². The van der Waals surface area contributed by atoms with Crippen LogP contribution in [-0.4, -0.2) is 16.9 Å². The molecule has 1 fully saturated rings. The normalized spacial score (nSPS) is 25.7. The fraction of sp³-hybridized carbons (Fsp3) is 0.333. The molecule has 0 bridgehead atoms. The van der Waals surface area contributed by atoms with E-state index >= 15 is 0 Å². The minimum absolute atomic E-state index is 0.112. The molecule has 5 heteroatoms. The molecule has 2 aliphatic rings. The highest BCUT2D eigenvalue weighted by atomic mass is 35.5. The topological polar surface area (TPSA) is 57.6 Å². The minimum atomic E-state index is -0.315. The second kappa shape index (κ2) is 4.63. The van der Waals surface area contributed by atoms with Crippen molar-refractivity contribution in [2.75, 3.05) is 4.90 Å². The quantitative estimate of drug-likeness (QED) is 0.639. The first-order valence-electron chi connectivity index (χ1n) is 6.51. The SMILES string of the molecule is CC1=CC[C@H]2C(=O)N(c3cc(Cl)ccc3O)C(=O)[C@H]2C1. The summed E-state index contributed by atoms with van der Waals surface area (Å²) in [5, 5.41) is 10.3. The first-order valence-corrected chi connectivity index (χ1v) is 6.89. The molecule has 1 saturated heterocycles. The van der Waals surface area contributed by atoms with E-state index < -0.39 is 0 Å². The largest absolute Gasteiger partial charge is 0.506 e. The molecule has 1 aromatic carbocycles. The first-order chi connectivity index (χ1) is 9.49. The summed E-state index contributed by atoms with van der Waals surface area (Å²) < 4.78 is 0. The highest BCUT2D eigenvalue weighted by molar-refractivity contribution is 6.31. The molecule has 0 saturated carbocycles. The number of phenols is 1. The van der Waals surface area contributed by atoms with Gasteiger partial charge in [-0.25, -0.2) is 4.90 Å². The Bertz CT molecular complexity index is 638. The maximum Gasteiger partial charge on any atom is 0.238 e. The molecule has 0 spiro atoms. The lowest BCUT2D eigenvalue weighted by atomic mass is 9.82. The second-order valence-corrected chi connectivity index (χ2v) is 5.78. The Labute approximate surface area is 121 Å². The van der Waals surface area contributed by atoms with Gasteiger partial charge < -0.3 is 5.11 Å². The number of phenolic OH excluding ortho intramolecular Hbond substituents is 1. The second-order valence-electron chi connectivity index (χ2n) is 5.35. The van der Waals surface area contributed by atoms with Gasteiger partial charge in [-0.2, -0.15) is 0 Å². The Hall–Kier alpha value is -1.81. The zero-order valence-electron chi connectivity index (χ0n) is 11.0. The van der Waals surface area contributed by atoms with Crippen molar-refractivity contribution in [3.05, 3.63) is 34.9 Å². The molecule has 1 heterocycles. The number of aromatic hydroxyl groups is 1. The number of carbonyl (C=O) groups excluding carboxylic acids is 2. The van der Waals surface area contributed by atoms with Gasteiger partial charge in [0.15, 0.2) is 0 Å². The van der Waals surface area contributed by atoms with Crippen LogP contribution in [0.2, 0.25) is 5.02 Å². The predicted molar refractivity (Wildman–Crippen MR) is 75.6 cm³/mol. The third-order valence-electron chi connectivity index (χ3n) is 4.00. The maximum atomic E-state index is 12.5. The van der Waals surface area contributed by atoms with Crippen LogP contribution in [0.5, 0.6) is 5.75 Å². The predicted octanol–water partition coefficient (Wildman–Crippen LogP) is 2.89. The molecule has 104 valence electrons. The lowest BCUT2D eigenvalue weighted by Gasteiger charge is -2.18. The van der Waals surface area contributed by atoms with Crippen molar-refractivity contribution < 1.29 is 14.7 Å². The third kappa shape index (κ3) is 1.91. The fourth-order valence-electron chi connectivity index (χ4n) is 2.95. The molecule has 0 unspecified atom stereocenters. The number of benzene rings is 1. The van der Waals surface area contributed by atoms with Crippen LogP contribution in [0.1, 0.15) is 19.8 Å². The van der Waals surface area contributed by atoms with E-state index in [1.54, 1.807) is 0 Å². The lowest BCUT2D eigenvalue weighted by Crippen LogP contribution is -2.30. The monoisotopic (exact) mass is 291 g/mol. The number of carbonyl (C=O) groups is 2. The highest BCUT2D eigenvalue weighted by Gasteiger charge is 2.49. The van der Waals surface area contributed by atoms with E-state index in [1.165, 1.54) is 18.2 Å². The van der Waals surface area contributed by atoms with Crippen molar-refractivity contribution in [2.45, 2.75) is 19.8 Å². The minimum Gasteiger partial charge on any atom is -0.506 e. The first kappa shape index (κ1) is 13.2. The summed E-state index contributed by atoms with van der Waals surface area (Å²) in [4.78, 5) is 26.0. The summed E-state index contributed by atoms with van der Waals surface area (Å²) >= 11 is 5.90. The molecule has 4 nitrogen and oxygen atoms in total. The van der Waals surface area contributed by atoms with Crippen LogP contribution in [0, 0.1) is 11.8 Å². The molecule has 0 radical (unpaired) electrons. The van der Waals surface area contributed by atoms with Crippen LogP contribution >= 0.6 is 11.6 Å². The van der Waals surface area contributed by atoms with Crippen LogP contribution in [0.4, 0.5) is 5.69 Å². The number of imide groups is 1. The van der Waals surface area contributed by atoms with Crippen LogP contribution in [0.3, 0.4) is 0 Å². The van der Waals surface area contributed by atoms with Crippen molar-refractivity contribution in [2.24, 2.45) is 11.8 Å². The van der Waals surface area contributed by atoms with Gasteiger partial charge in [0.2, 0.25) is 11.8 Å². The van der Waals surface area contributed by atoms with E-state index in [0.717, 1.165) is 10.5 Å². The Morgan fingerprint density at radius 2 is 1.95 bits per heavy atom. The number of fused-ring (bicyclic) bond motifs is 1. The maximum absolute atomic E-state index is 12.5. The van der Waals surface area contributed by atoms with E-state index in [0.29, 0.717) is 17.9 Å². The number of hydrogen-bond donors (Lipinski definition) is 1. The Morgan fingerprint density at radius 1 is 1.25 bits per heavy atom. The standard InChI is InChI=1S/C15H14ClNO3/c1-8-2-4-10-11(6-8)15(20)17(14(10)19)12-7-9(16)3-5-13(12)18/h2-3,5,7,10-11,18H,4,6H2,1H3/t10-,11+/m1/s1. The molecule has 1 N–H and O–H groups in total. The molecule has 0 aromatic heterocycles. The van der Waals surface area contributed by atoms with E-state index in [2.05, 4.69) is 0 Å². The molecule has 3 rings (SSSR count). The van der Waals surface area contributed by atoms with Gasteiger partial charge in [0.05, 0.1) is 17.5 Å². The van der Waals surface area contributed by atoms with Crippen LogP contribution in [0.25, 0.3) is 0 Å². The summed E-state index contributed by atoms with van der Waals surface area (Å²) in [6.07, 6.45) is 3.19. The smallest absolute Gasteiger partial charge is 0.238 e. The number of nitrogens with zero attached hydrogens (tertiary/aromatic N) is 1. The summed E-state index contributed by atoms with van der Waals surface area (Å²) in [6, 6.07) is 4.36. The van der Waals surface area contributed by atoms with Crippen molar-refractivity contribution in [3.63, 3.8) is 0 Å². The van der Waals surface area contributed by atoms with Gasteiger partial charge in [-0.1, -0.05) is 23.3 Å². The number of anilines is 1.